The number of halogens is 1. The van der Waals surface area contributed by atoms with Crippen LogP contribution in [0.4, 0.5) is 0 Å². The minimum absolute atomic E-state index is 0.820. The van der Waals surface area contributed by atoms with E-state index >= 15 is 0 Å². The molecule has 0 spiro atoms. The predicted molar refractivity (Wildman–Crippen MR) is 58.4 cm³/mol. The third-order valence-corrected chi connectivity index (χ3v) is 2.87. The zero-order chi connectivity index (χ0) is 9.80. The minimum atomic E-state index is 0.820. The van der Waals surface area contributed by atoms with Crippen LogP contribution in [0, 0.1) is 0 Å². The van der Waals surface area contributed by atoms with Crippen LogP contribution in [-0.2, 0) is 6.54 Å². The SMILES string of the molecule is Clc1ccc(CN2CC[NH2+]CC2)cc1. The molecule has 0 aromatic heterocycles. The summed E-state index contributed by atoms with van der Waals surface area (Å²) in [5.41, 5.74) is 1.36. The van der Waals surface area contributed by atoms with E-state index in [0.717, 1.165) is 11.6 Å². The number of quaternary nitrogens is 1. The van der Waals surface area contributed by atoms with E-state index in [0.29, 0.717) is 0 Å². The molecule has 1 saturated heterocycles. The Labute approximate surface area is 89.9 Å². The van der Waals surface area contributed by atoms with Crippen LogP contribution >= 0.6 is 11.6 Å². The first-order valence-corrected chi connectivity index (χ1v) is 5.51. The van der Waals surface area contributed by atoms with Gasteiger partial charge in [-0.3, -0.25) is 4.90 Å². The van der Waals surface area contributed by atoms with Crippen LogP contribution in [0.2, 0.25) is 5.02 Å². The van der Waals surface area contributed by atoms with Crippen molar-refractivity contribution in [1.29, 1.82) is 0 Å². The monoisotopic (exact) mass is 211 g/mol. The summed E-state index contributed by atoms with van der Waals surface area (Å²) in [6, 6.07) is 8.15. The summed E-state index contributed by atoms with van der Waals surface area (Å²) in [6.45, 7) is 5.91. The maximum Gasteiger partial charge on any atom is 0.0885 e. The Morgan fingerprint density at radius 3 is 2.43 bits per heavy atom. The van der Waals surface area contributed by atoms with Crippen molar-refractivity contribution in [2.24, 2.45) is 0 Å². The van der Waals surface area contributed by atoms with Gasteiger partial charge >= 0.3 is 0 Å². The highest BCUT2D eigenvalue weighted by atomic mass is 35.5. The van der Waals surface area contributed by atoms with Crippen molar-refractivity contribution in [3.05, 3.63) is 34.9 Å². The van der Waals surface area contributed by atoms with Crippen molar-refractivity contribution >= 4 is 11.6 Å². The van der Waals surface area contributed by atoms with Crippen molar-refractivity contribution in [2.75, 3.05) is 26.2 Å². The fourth-order valence-electron chi connectivity index (χ4n) is 1.81. The van der Waals surface area contributed by atoms with Gasteiger partial charge in [0.05, 0.1) is 13.1 Å². The molecule has 0 bridgehead atoms. The molecule has 1 heterocycles. The molecule has 2 N–H and O–H groups in total. The highest BCUT2D eigenvalue weighted by molar-refractivity contribution is 6.30. The van der Waals surface area contributed by atoms with Crippen molar-refractivity contribution in [1.82, 2.24) is 4.90 Å². The first kappa shape index (κ1) is 9.97. The molecule has 0 atom stereocenters. The zero-order valence-electron chi connectivity index (χ0n) is 8.25. The molecule has 0 aliphatic carbocycles. The summed E-state index contributed by atoms with van der Waals surface area (Å²) in [7, 11) is 0. The molecule has 76 valence electrons. The molecule has 1 aromatic rings. The minimum Gasteiger partial charge on any atom is -0.344 e. The van der Waals surface area contributed by atoms with Gasteiger partial charge in [-0.25, -0.2) is 0 Å². The molecule has 1 aliphatic heterocycles. The molecule has 14 heavy (non-hydrogen) atoms. The van der Waals surface area contributed by atoms with E-state index < -0.39 is 0 Å². The lowest BCUT2D eigenvalue weighted by Crippen LogP contribution is -2.89. The highest BCUT2D eigenvalue weighted by Gasteiger charge is 2.11. The zero-order valence-corrected chi connectivity index (χ0v) is 9.00. The number of benzene rings is 1. The Hall–Kier alpha value is -0.570. The number of hydrogen-bond acceptors (Lipinski definition) is 1. The summed E-state index contributed by atoms with van der Waals surface area (Å²) in [6.07, 6.45) is 0. The topological polar surface area (TPSA) is 19.9 Å². The van der Waals surface area contributed by atoms with Gasteiger partial charge in [-0.1, -0.05) is 23.7 Å². The average molecular weight is 212 g/mol. The van der Waals surface area contributed by atoms with E-state index in [9.17, 15) is 0 Å². The van der Waals surface area contributed by atoms with Gasteiger partial charge in [-0.05, 0) is 17.7 Å². The molecule has 0 unspecified atom stereocenters. The summed E-state index contributed by atoms with van der Waals surface area (Å²) in [5, 5.41) is 3.19. The van der Waals surface area contributed by atoms with E-state index in [1.165, 1.54) is 31.7 Å². The van der Waals surface area contributed by atoms with Gasteiger partial charge in [0, 0.05) is 24.7 Å². The summed E-state index contributed by atoms with van der Waals surface area (Å²) >= 11 is 5.84. The summed E-state index contributed by atoms with van der Waals surface area (Å²) in [4.78, 5) is 2.49. The number of rotatable bonds is 2. The van der Waals surface area contributed by atoms with Crippen LogP contribution in [-0.4, -0.2) is 31.1 Å². The van der Waals surface area contributed by atoms with Gasteiger partial charge in [0.1, 0.15) is 0 Å². The Morgan fingerprint density at radius 2 is 1.79 bits per heavy atom. The van der Waals surface area contributed by atoms with Gasteiger partial charge in [0.2, 0.25) is 0 Å². The maximum absolute atomic E-state index is 5.84. The van der Waals surface area contributed by atoms with Crippen molar-refractivity contribution in [3.63, 3.8) is 0 Å². The third kappa shape index (κ3) is 2.71. The first-order valence-electron chi connectivity index (χ1n) is 5.13. The Bertz CT molecular complexity index is 278. The molecular formula is C11H16ClN2+. The number of nitrogens with two attached hydrogens (primary N) is 1. The molecule has 1 aromatic carbocycles. The van der Waals surface area contributed by atoms with Crippen LogP contribution in [0.1, 0.15) is 5.56 Å². The van der Waals surface area contributed by atoms with Crippen LogP contribution in [0.5, 0.6) is 0 Å². The molecule has 1 aliphatic rings. The maximum atomic E-state index is 5.84. The van der Waals surface area contributed by atoms with Gasteiger partial charge in [0.25, 0.3) is 0 Å². The lowest BCUT2D eigenvalue weighted by Gasteiger charge is -2.24. The normalized spacial score (nSPS) is 18.4. The van der Waals surface area contributed by atoms with E-state index in [2.05, 4.69) is 22.3 Å². The quantitative estimate of drug-likeness (QED) is 0.765. The van der Waals surface area contributed by atoms with Crippen LogP contribution < -0.4 is 5.32 Å². The number of hydrogen-bond donors (Lipinski definition) is 1. The van der Waals surface area contributed by atoms with Crippen molar-refractivity contribution in [3.8, 4) is 0 Å². The molecule has 0 saturated carbocycles. The second-order valence-corrected chi connectivity index (χ2v) is 4.21. The molecular weight excluding hydrogens is 196 g/mol. The molecule has 2 rings (SSSR count). The average Bonchev–Trinajstić information content (AvgIpc) is 2.23. The second-order valence-electron chi connectivity index (χ2n) is 3.77. The lowest BCUT2D eigenvalue weighted by atomic mass is 10.2. The van der Waals surface area contributed by atoms with Gasteiger partial charge in [-0.15, -0.1) is 0 Å². The first-order chi connectivity index (χ1) is 6.84. The molecule has 3 heteroatoms. The van der Waals surface area contributed by atoms with Crippen molar-refractivity contribution in [2.45, 2.75) is 6.54 Å². The number of nitrogens with zero attached hydrogens (tertiary/aromatic N) is 1. The van der Waals surface area contributed by atoms with E-state index in [-0.39, 0.29) is 0 Å². The largest absolute Gasteiger partial charge is 0.344 e. The van der Waals surface area contributed by atoms with Crippen LogP contribution in [0.3, 0.4) is 0 Å². The fraction of sp³-hybridized carbons (Fsp3) is 0.455. The molecule has 0 radical (unpaired) electrons. The van der Waals surface area contributed by atoms with Gasteiger partial charge < -0.3 is 5.32 Å². The summed E-state index contributed by atoms with van der Waals surface area (Å²) < 4.78 is 0. The van der Waals surface area contributed by atoms with Gasteiger partial charge in [-0.2, -0.15) is 0 Å². The van der Waals surface area contributed by atoms with E-state index in [4.69, 9.17) is 11.6 Å². The van der Waals surface area contributed by atoms with Crippen LogP contribution in [0.25, 0.3) is 0 Å². The number of piperazine rings is 1. The Morgan fingerprint density at radius 1 is 1.14 bits per heavy atom. The molecule has 0 amide bonds. The summed E-state index contributed by atoms with van der Waals surface area (Å²) in [5.74, 6) is 0. The molecule has 2 nitrogen and oxygen atoms in total. The standard InChI is InChI=1S/C11H15ClN2/c12-11-3-1-10(2-4-11)9-14-7-5-13-6-8-14/h1-4,13H,5-9H2/p+1. The Kier molecular flexibility index (Phi) is 3.40. The fourth-order valence-corrected chi connectivity index (χ4v) is 1.94. The van der Waals surface area contributed by atoms with Gasteiger partial charge in [0.15, 0.2) is 0 Å². The predicted octanol–water partition coefficient (Wildman–Crippen LogP) is 0.719. The van der Waals surface area contributed by atoms with Crippen LogP contribution in [0.15, 0.2) is 24.3 Å². The highest BCUT2D eigenvalue weighted by Crippen LogP contribution is 2.11. The van der Waals surface area contributed by atoms with E-state index in [1.54, 1.807) is 0 Å². The Balaban J connectivity index is 1.92. The van der Waals surface area contributed by atoms with Crippen molar-refractivity contribution < 1.29 is 5.32 Å². The smallest absolute Gasteiger partial charge is 0.0885 e. The second kappa shape index (κ2) is 4.78. The lowest BCUT2D eigenvalue weighted by molar-refractivity contribution is -0.663. The van der Waals surface area contributed by atoms with E-state index in [1.807, 2.05) is 12.1 Å². The third-order valence-electron chi connectivity index (χ3n) is 2.62. The molecule has 1 fully saturated rings.